The van der Waals surface area contributed by atoms with Crippen molar-refractivity contribution in [1.29, 1.82) is 0 Å². The van der Waals surface area contributed by atoms with Crippen molar-refractivity contribution in [3.63, 3.8) is 0 Å². The summed E-state index contributed by atoms with van der Waals surface area (Å²) < 4.78 is 40.5. The molecule has 0 amide bonds. The van der Waals surface area contributed by atoms with Crippen LogP contribution in [0.5, 0.6) is 0 Å². The first kappa shape index (κ1) is 18.1. The van der Waals surface area contributed by atoms with Crippen LogP contribution in [-0.2, 0) is 10.0 Å². The number of sulfonamides is 1. The Labute approximate surface area is 152 Å². The number of H-pyrrole nitrogens is 1. The number of anilines is 1. The van der Waals surface area contributed by atoms with Gasteiger partial charge in [-0.05, 0) is 36.6 Å². The average molecular weight is 373 g/mol. The number of nitrogens with zero attached hydrogens (tertiary/aromatic N) is 1. The van der Waals surface area contributed by atoms with Gasteiger partial charge < -0.3 is 4.98 Å². The van der Waals surface area contributed by atoms with Crippen molar-refractivity contribution < 1.29 is 12.8 Å². The van der Waals surface area contributed by atoms with E-state index in [-0.39, 0.29) is 5.69 Å². The normalized spacial score (nSPS) is 12.8. The molecule has 136 valence electrons. The van der Waals surface area contributed by atoms with Crippen molar-refractivity contribution in [3.8, 4) is 0 Å². The summed E-state index contributed by atoms with van der Waals surface area (Å²) in [5.41, 5.74) is 4.11. The van der Waals surface area contributed by atoms with Gasteiger partial charge in [-0.3, -0.25) is 4.72 Å². The molecule has 3 aromatic rings. The fraction of sp³-hybridized carbons (Fsp3) is 0.211. The minimum atomic E-state index is -3.59. The van der Waals surface area contributed by atoms with Crippen LogP contribution >= 0.6 is 0 Å². The van der Waals surface area contributed by atoms with Gasteiger partial charge in [-0.15, -0.1) is 0 Å². The lowest BCUT2D eigenvalue weighted by atomic mass is 9.84. The van der Waals surface area contributed by atoms with Crippen molar-refractivity contribution in [1.82, 2.24) is 9.97 Å². The fourth-order valence-corrected chi connectivity index (χ4v) is 3.62. The van der Waals surface area contributed by atoms with Gasteiger partial charge in [0.15, 0.2) is 5.82 Å². The maximum Gasteiger partial charge on any atom is 0.229 e. The molecule has 1 aromatic heterocycles. The molecule has 0 radical (unpaired) electrons. The van der Waals surface area contributed by atoms with Gasteiger partial charge in [0.05, 0.1) is 24.2 Å². The molecule has 0 saturated heterocycles. The highest BCUT2D eigenvalue weighted by Crippen LogP contribution is 2.36. The predicted octanol–water partition coefficient (Wildman–Crippen LogP) is 3.72. The lowest BCUT2D eigenvalue weighted by Gasteiger charge is -2.21. The molecule has 1 atom stereocenters. The van der Waals surface area contributed by atoms with Crippen LogP contribution in [0.25, 0.3) is 0 Å². The van der Waals surface area contributed by atoms with E-state index in [2.05, 4.69) is 14.7 Å². The second kappa shape index (κ2) is 6.92. The van der Waals surface area contributed by atoms with E-state index >= 15 is 4.39 Å². The highest BCUT2D eigenvalue weighted by atomic mass is 32.2. The summed E-state index contributed by atoms with van der Waals surface area (Å²) in [6.07, 6.45) is 4.20. The highest BCUT2D eigenvalue weighted by molar-refractivity contribution is 7.92. The van der Waals surface area contributed by atoms with Gasteiger partial charge in [-0.2, -0.15) is 0 Å². The zero-order valence-electron chi connectivity index (χ0n) is 14.7. The van der Waals surface area contributed by atoms with E-state index in [1.165, 1.54) is 6.07 Å². The molecule has 0 saturated carbocycles. The maximum atomic E-state index is 15.2. The molecule has 2 N–H and O–H groups in total. The SMILES string of the molecule is Cc1cccc(C(c2cnc[nH]2)c2cccc(NS(C)(=O)=O)c2F)c1C. The van der Waals surface area contributed by atoms with Crippen molar-refractivity contribution in [2.24, 2.45) is 0 Å². The number of hydrogen-bond acceptors (Lipinski definition) is 3. The second-order valence-electron chi connectivity index (χ2n) is 6.31. The molecule has 0 aliphatic carbocycles. The third-order valence-electron chi connectivity index (χ3n) is 4.42. The Hall–Kier alpha value is -2.67. The van der Waals surface area contributed by atoms with Crippen LogP contribution < -0.4 is 4.72 Å². The number of halogens is 1. The molecule has 5 nitrogen and oxygen atoms in total. The van der Waals surface area contributed by atoms with Crippen molar-refractivity contribution in [2.75, 3.05) is 11.0 Å². The van der Waals surface area contributed by atoms with Gasteiger partial charge in [0, 0.05) is 17.5 Å². The highest BCUT2D eigenvalue weighted by Gasteiger charge is 2.25. The maximum absolute atomic E-state index is 15.2. The van der Waals surface area contributed by atoms with Crippen LogP contribution in [0.4, 0.5) is 10.1 Å². The zero-order valence-corrected chi connectivity index (χ0v) is 15.6. The van der Waals surface area contributed by atoms with E-state index in [0.29, 0.717) is 5.56 Å². The Kier molecular flexibility index (Phi) is 4.82. The summed E-state index contributed by atoms with van der Waals surface area (Å²) in [5, 5.41) is 0. The molecular formula is C19H20FN3O2S. The summed E-state index contributed by atoms with van der Waals surface area (Å²) in [5.74, 6) is -1.03. The fourth-order valence-electron chi connectivity index (χ4n) is 3.06. The minimum absolute atomic E-state index is 0.0696. The van der Waals surface area contributed by atoms with E-state index in [9.17, 15) is 8.42 Å². The summed E-state index contributed by atoms with van der Waals surface area (Å²) >= 11 is 0. The predicted molar refractivity (Wildman–Crippen MR) is 100 cm³/mol. The molecule has 7 heteroatoms. The van der Waals surface area contributed by atoms with Gasteiger partial charge in [0.25, 0.3) is 0 Å². The summed E-state index contributed by atoms with van der Waals surface area (Å²) in [6.45, 7) is 3.99. The van der Waals surface area contributed by atoms with Crippen molar-refractivity contribution in [3.05, 3.63) is 82.7 Å². The Morgan fingerprint density at radius 3 is 2.46 bits per heavy atom. The number of hydrogen-bond donors (Lipinski definition) is 2. The van der Waals surface area contributed by atoms with Crippen molar-refractivity contribution >= 4 is 15.7 Å². The first-order valence-electron chi connectivity index (χ1n) is 8.08. The Morgan fingerprint density at radius 1 is 1.12 bits per heavy atom. The van der Waals surface area contributed by atoms with Crippen LogP contribution in [0.2, 0.25) is 0 Å². The number of aryl methyl sites for hydroxylation is 1. The van der Waals surface area contributed by atoms with Gasteiger partial charge in [0.2, 0.25) is 10.0 Å². The molecule has 26 heavy (non-hydrogen) atoms. The Morgan fingerprint density at radius 2 is 1.81 bits per heavy atom. The molecule has 0 aliphatic heterocycles. The molecule has 0 bridgehead atoms. The van der Waals surface area contributed by atoms with Crippen LogP contribution in [0.3, 0.4) is 0 Å². The first-order chi connectivity index (χ1) is 12.3. The standard InChI is InChI=1S/C19H20FN3O2S/c1-12-6-4-7-14(13(12)2)18(17-10-21-11-22-17)15-8-5-9-16(19(15)20)23-26(3,24)25/h4-11,18,23H,1-3H3,(H,21,22). The van der Waals surface area contributed by atoms with Gasteiger partial charge in [0.1, 0.15) is 0 Å². The van der Waals surface area contributed by atoms with Crippen LogP contribution in [0.15, 0.2) is 48.9 Å². The topological polar surface area (TPSA) is 74.8 Å². The third-order valence-corrected chi connectivity index (χ3v) is 5.01. The van der Waals surface area contributed by atoms with E-state index in [0.717, 1.165) is 28.6 Å². The monoisotopic (exact) mass is 373 g/mol. The summed E-state index contributed by atoms with van der Waals surface area (Å²) in [7, 11) is -3.59. The second-order valence-corrected chi connectivity index (χ2v) is 8.06. The molecule has 0 fully saturated rings. The molecular weight excluding hydrogens is 353 g/mol. The lowest BCUT2D eigenvalue weighted by molar-refractivity contribution is 0.599. The molecule has 0 aliphatic rings. The smallest absolute Gasteiger partial charge is 0.229 e. The third kappa shape index (κ3) is 3.62. The molecule has 0 spiro atoms. The van der Waals surface area contributed by atoms with Crippen LogP contribution in [0.1, 0.15) is 33.9 Å². The minimum Gasteiger partial charge on any atom is -0.348 e. The van der Waals surface area contributed by atoms with Gasteiger partial charge in [-0.25, -0.2) is 17.8 Å². The number of rotatable bonds is 5. The largest absolute Gasteiger partial charge is 0.348 e. The summed E-state index contributed by atoms with van der Waals surface area (Å²) in [4.78, 5) is 7.13. The number of benzene rings is 2. The van der Waals surface area contributed by atoms with Gasteiger partial charge in [-0.1, -0.05) is 30.3 Å². The number of nitrogens with one attached hydrogen (secondary N) is 2. The quantitative estimate of drug-likeness (QED) is 0.716. The van der Waals surface area contributed by atoms with Gasteiger partial charge >= 0.3 is 0 Å². The van der Waals surface area contributed by atoms with E-state index in [1.54, 1.807) is 24.7 Å². The molecule has 1 unspecified atom stereocenters. The van der Waals surface area contributed by atoms with E-state index < -0.39 is 21.8 Å². The Balaban J connectivity index is 2.21. The summed E-state index contributed by atoms with van der Waals surface area (Å²) in [6, 6.07) is 10.6. The molecule has 1 heterocycles. The molecule has 2 aromatic carbocycles. The van der Waals surface area contributed by atoms with E-state index in [1.807, 2.05) is 32.0 Å². The van der Waals surface area contributed by atoms with Crippen LogP contribution in [-0.4, -0.2) is 24.6 Å². The zero-order chi connectivity index (χ0) is 18.9. The average Bonchev–Trinajstić information content (AvgIpc) is 3.08. The molecule has 3 rings (SSSR count). The lowest BCUT2D eigenvalue weighted by Crippen LogP contribution is -2.14. The number of aromatic nitrogens is 2. The van der Waals surface area contributed by atoms with Crippen molar-refractivity contribution in [2.45, 2.75) is 19.8 Å². The number of imidazole rings is 1. The Bertz CT molecular complexity index is 1030. The van der Waals surface area contributed by atoms with Crippen LogP contribution in [0, 0.1) is 19.7 Å². The first-order valence-corrected chi connectivity index (χ1v) is 9.97. The number of aromatic amines is 1. The van der Waals surface area contributed by atoms with E-state index in [4.69, 9.17) is 0 Å².